The van der Waals surface area contributed by atoms with Gasteiger partial charge in [-0.15, -0.1) is 0 Å². The summed E-state index contributed by atoms with van der Waals surface area (Å²) in [7, 11) is 0. The Morgan fingerprint density at radius 3 is 1.26 bits per heavy atom. The number of nitrogens with zero attached hydrogens (tertiary/aromatic N) is 2. The Morgan fingerprint density at radius 1 is 0.241 bits per heavy atom. The first-order valence-electron chi connectivity index (χ1n) is 19.7. The third-order valence-electron chi connectivity index (χ3n) is 11.5. The van der Waals surface area contributed by atoms with Crippen LogP contribution in [0, 0.1) is 0 Å². The molecule has 0 radical (unpaired) electrons. The predicted molar refractivity (Wildman–Crippen MR) is 243 cm³/mol. The van der Waals surface area contributed by atoms with Crippen LogP contribution in [-0.4, -0.2) is 9.13 Å². The van der Waals surface area contributed by atoms with Crippen molar-refractivity contribution in [3.8, 4) is 55.9 Å². The third kappa shape index (κ3) is 5.64. The molecule has 272 valence electrons. The van der Waals surface area contributed by atoms with Crippen molar-refractivity contribution in [3.63, 3.8) is 0 Å². The molecule has 0 amide bonds. The molecular formula is C55H36N2O. The van der Waals surface area contributed by atoms with E-state index in [-0.39, 0.29) is 5.56 Å². The third-order valence-corrected chi connectivity index (χ3v) is 11.5. The van der Waals surface area contributed by atoms with Gasteiger partial charge in [-0.3, -0.25) is 9.36 Å². The average molecular weight is 741 g/mol. The molecule has 3 heteroatoms. The van der Waals surface area contributed by atoms with Gasteiger partial charge in [-0.05, 0) is 129 Å². The van der Waals surface area contributed by atoms with Gasteiger partial charge in [0.25, 0.3) is 5.56 Å². The van der Waals surface area contributed by atoms with Crippen molar-refractivity contribution < 1.29 is 0 Å². The number of para-hydroxylation sites is 2. The molecule has 58 heavy (non-hydrogen) atoms. The molecule has 3 nitrogen and oxygen atoms in total. The van der Waals surface area contributed by atoms with Gasteiger partial charge in [0.2, 0.25) is 0 Å². The highest BCUT2D eigenvalue weighted by Crippen LogP contribution is 2.37. The lowest BCUT2D eigenvalue weighted by Crippen LogP contribution is -2.19. The van der Waals surface area contributed by atoms with Crippen LogP contribution >= 0.6 is 0 Å². The van der Waals surface area contributed by atoms with E-state index in [1.54, 1.807) is 0 Å². The highest BCUT2D eigenvalue weighted by atomic mass is 16.1. The number of benzene rings is 9. The van der Waals surface area contributed by atoms with Gasteiger partial charge in [0.05, 0.1) is 16.6 Å². The zero-order chi connectivity index (χ0) is 38.6. The van der Waals surface area contributed by atoms with Gasteiger partial charge >= 0.3 is 0 Å². The molecule has 0 atom stereocenters. The maximum Gasteiger partial charge on any atom is 0.263 e. The maximum atomic E-state index is 14.4. The second-order valence-corrected chi connectivity index (χ2v) is 14.9. The second kappa shape index (κ2) is 13.8. The highest BCUT2D eigenvalue weighted by Gasteiger charge is 2.16. The molecule has 2 heterocycles. The number of hydrogen-bond acceptors (Lipinski definition) is 1. The standard InChI is InChI=1S/C55H36N2O/c58-55-49-22-11-10-20-47(49)50-36-41(44-33-42(37-14-4-1-5-15-37)32-43(34-44)38-16-6-2-7-17-38)27-31-54(50)57(55)46-28-24-39(25-29-46)40-26-30-53-51(35-40)48-21-12-13-23-52(48)56(53)45-18-8-3-9-19-45/h1-36H. The first-order valence-corrected chi connectivity index (χ1v) is 19.7. The van der Waals surface area contributed by atoms with E-state index in [4.69, 9.17) is 0 Å². The minimum Gasteiger partial charge on any atom is -0.309 e. The number of aromatic nitrogens is 2. The summed E-state index contributed by atoms with van der Waals surface area (Å²) in [6, 6.07) is 76.7. The molecule has 11 aromatic rings. The molecule has 0 aliphatic heterocycles. The molecule has 0 bridgehead atoms. The Balaban J connectivity index is 1.03. The monoisotopic (exact) mass is 740 g/mol. The predicted octanol–water partition coefficient (Wildman–Crippen LogP) is 13.9. The van der Waals surface area contributed by atoms with Crippen LogP contribution in [0.5, 0.6) is 0 Å². The van der Waals surface area contributed by atoms with Gasteiger partial charge in [0.1, 0.15) is 0 Å². The Labute approximate surface area is 336 Å². The smallest absolute Gasteiger partial charge is 0.263 e. The normalized spacial score (nSPS) is 11.5. The fraction of sp³-hybridized carbons (Fsp3) is 0. The molecule has 0 unspecified atom stereocenters. The van der Waals surface area contributed by atoms with Crippen molar-refractivity contribution >= 4 is 43.5 Å². The van der Waals surface area contributed by atoms with Crippen LogP contribution in [0.3, 0.4) is 0 Å². The summed E-state index contributed by atoms with van der Waals surface area (Å²) in [6.45, 7) is 0. The summed E-state index contributed by atoms with van der Waals surface area (Å²) in [5.41, 5.74) is 14.3. The van der Waals surface area contributed by atoms with Crippen LogP contribution in [0.2, 0.25) is 0 Å². The van der Waals surface area contributed by atoms with Crippen LogP contribution in [0.15, 0.2) is 223 Å². The van der Waals surface area contributed by atoms with Crippen LogP contribution in [0.25, 0.3) is 99.4 Å². The van der Waals surface area contributed by atoms with Crippen molar-refractivity contribution in [1.82, 2.24) is 9.13 Å². The van der Waals surface area contributed by atoms with Crippen LogP contribution in [0.4, 0.5) is 0 Å². The van der Waals surface area contributed by atoms with Crippen molar-refractivity contribution in [2.75, 3.05) is 0 Å². The van der Waals surface area contributed by atoms with Crippen molar-refractivity contribution in [2.24, 2.45) is 0 Å². The van der Waals surface area contributed by atoms with Gasteiger partial charge in [-0.25, -0.2) is 0 Å². The molecule has 0 N–H and O–H groups in total. The van der Waals surface area contributed by atoms with E-state index in [1.807, 2.05) is 22.8 Å². The topological polar surface area (TPSA) is 26.9 Å². The minimum atomic E-state index is -0.0313. The zero-order valence-corrected chi connectivity index (χ0v) is 31.6. The van der Waals surface area contributed by atoms with E-state index in [1.165, 1.54) is 32.9 Å². The lowest BCUT2D eigenvalue weighted by Gasteiger charge is -2.16. The molecular weight excluding hydrogens is 705 g/mol. The van der Waals surface area contributed by atoms with Gasteiger partial charge in [0, 0.05) is 32.9 Å². The van der Waals surface area contributed by atoms with E-state index in [2.05, 4.69) is 205 Å². The molecule has 0 aliphatic rings. The van der Waals surface area contributed by atoms with E-state index in [0.717, 1.165) is 61.0 Å². The van der Waals surface area contributed by atoms with E-state index < -0.39 is 0 Å². The van der Waals surface area contributed by atoms with E-state index >= 15 is 0 Å². The Bertz CT molecular complexity index is 3320. The minimum absolute atomic E-state index is 0.0313. The van der Waals surface area contributed by atoms with E-state index in [9.17, 15) is 4.79 Å². The quantitative estimate of drug-likeness (QED) is 0.156. The second-order valence-electron chi connectivity index (χ2n) is 14.9. The number of hydrogen-bond donors (Lipinski definition) is 0. The number of fused-ring (bicyclic) bond motifs is 6. The summed E-state index contributed by atoms with van der Waals surface area (Å²) >= 11 is 0. The summed E-state index contributed by atoms with van der Waals surface area (Å²) in [6.07, 6.45) is 0. The lowest BCUT2D eigenvalue weighted by atomic mass is 9.92. The Kier molecular flexibility index (Phi) is 7.97. The molecule has 11 rings (SSSR count). The Hall–Kier alpha value is -7.75. The summed E-state index contributed by atoms with van der Waals surface area (Å²) in [4.78, 5) is 14.4. The fourth-order valence-corrected chi connectivity index (χ4v) is 8.72. The molecule has 0 saturated carbocycles. The maximum absolute atomic E-state index is 14.4. The summed E-state index contributed by atoms with van der Waals surface area (Å²) < 4.78 is 4.21. The molecule has 0 aliphatic carbocycles. The first-order chi connectivity index (χ1) is 28.7. The highest BCUT2D eigenvalue weighted by molar-refractivity contribution is 6.11. The molecule has 9 aromatic carbocycles. The van der Waals surface area contributed by atoms with Crippen molar-refractivity contribution in [3.05, 3.63) is 229 Å². The molecule has 0 fully saturated rings. The Morgan fingerprint density at radius 2 is 0.638 bits per heavy atom. The van der Waals surface area contributed by atoms with Gasteiger partial charge in [0.15, 0.2) is 0 Å². The van der Waals surface area contributed by atoms with Gasteiger partial charge in [-0.2, -0.15) is 0 Å². The molecule has 2 aromatic heterocycles. The summed E-state index contributed by atoms with van der Waals surface area (Å²) in [5.74, 6) is 0. The van der Waals surface area contributed by atoms with Crippen LogP contribution in [0.1, 0.15) is 0 Å². The summed E-state index contributed by atoms with van der Waals surface area (Å²) in [5, 5.41) is 5.10. The molecule has 0 saturated heterocycles. The van der Waals surface area contributed by atoms with E-state index in [0.29, 0.717) is 5.39 Å². The SMILES string of the molecule is O=c1c2ccccc2c2cc(-c3cc(-c4ccccc4)cc(-c4ccccc4)c3)ccc2n1-c1ccc(-c2ccc3c(c2)c2ccccc2n3-c2ccccc2)cc1. The van der Waals surface area contributed by atoms with Crippen LogP contribution in [-0.2, 0) is 0 Å². The largest absolute Gasteiger partial charge is 0.309 e. The van der Waals surface area contributed by atoms with Crippen molar-refractivity contribution in [1.29, 1.82) is 0 Å². The molecule has 0 spiro atoms. The van der Waals surface area contributed by atoms with Gasteiger partial charge in [-0.1, -0.05) is 140 Å². The van der Waals surface area contributed by atoms with Crippen molar-refractivity contribution in [2.45, 2.75) is 0 Å². The van der Waals surface area contributed by atoms with Crippen LogP contribution < -0.4 is 5.56 Å². The van der Waals surface area contributed by atoms with Gasteiger partial charge < -0.3 is 4.57 Å². The lowest BCUT2D eigenvalue weighted by molar-refractivity contribution is 1.06. The number of pyridine rings is 1. The zero-order valence-electron chi connectivity index (χ0n) is 31.6. The average Bonchev–Trinajstić information content (AvgIpc) is 3.64. The number of rotatable bonds is 6. The fourth-order valence-electron chi connectivity index (χ4n) is 8.72. The first kappa shape index (κ1) is 33.6.